The molecule has 4 heteroatoms. The SMILES string of the molecule is CCCn1cc(C(=O)[C@H](N)c2ccccc2)cn1. The molecule has 0 radical (unpaired) electrons. The Hall–Kier alpha value is -1.94. The molecule has 2 rings (SSSR count). The number of Topliss-reactive ketones (excluding diaryl/α,β-unsaturated/α-hetero) is 1. The van der Waals surface area contributed by atoms with E-state index in [9.17, 15) is 4.79 Å². The summed E-state index contributed by atoms with van der Waals surface area (Å²) < 4.78 is 1.77. The van der Waals surface area contributed by atoms with Crippen molar-refractivity contribution in [2.24, 2.45) is 5.73 Å². The number of carbonyl (C=O) groups is 1. The van der Waals surface area contributed by atoms with E-state index in [1.807, 2.05) is 30.3 Å². The minimum atomic E-state index is -0.620. The number of hydrogen-bond acceptors (Lipinski definition) is 3. The number of nitrogens with zero attached hydrogens (tertiary/aromatic N) is 2. The first kappa shape index (κ1) is 12.5. The van der Waals surface area contributed by atoms with E-state index in [1.165, 1.54) is 0 Å². The van der Waals surface area contributed by atoms with Gasteiger partial charge in [0.1, 0.15) is 0 Å². The van der Waals surface area contributed by atoms with Crippen LogP contribution >= 0.6 is 0 Å². The van der Waals surface area contributed by atoms with Crippen LogP contribution in [-0.2, 0) is 6.54 Å². The lowest BCUT2D eigenvalue weighted by molar-refractivity contribution is 0.0961. The minimum Gasteiger partial charge on any atom is -0.318 e. The number of benzene rings is 1. The highest BCUT2D eigenvalue weighted by molar-refractivity contribution is 6.00. The van der Waals surface area contributed by atoms with Crippen molar-refractivity contribution in [1.29, 1.82) is 0 Å². The van der Waals surface area contributed by atoms with Crippen LogP contribution in [0.2, 0.25) is 0 Å². The zero-order chi connectivity index (χ0) is 13.0. The lowest BCUT2D eigenvalue weighted by atomic mass is 10.0. The van der Waals surface area contributed by atoms with E-state index in [0.717, 1.165) is 18.5 Å². The Labute approximate surface area is 106 Å². The van der Waals surface area contributed by atoms with E-state index in [4.69, 9.17) is 5.73 Å². The second-order valence-electron chi connectivity index (χ2n) is 4.24. The number of nitrogens with two attached hydrogens (primary N) is 1. The molecule has 0 saturated carbocycles. The van der Waals surface area contributed by atoms with Crippen LogP contribution in [0.15, 0.2) is 42.7 Å². The van der Waals surface area contributed by atoms with Crippen molar-refractivity contribution < 1.29 is 4.79 Å². The van der Waals surface area contributed by atoms with Gasteiger partial charge in [-0.2, -0.15) is 5.10 Å². The molecule has 94 valence electrons. The molecule has 1 atom stereocenters. The Morgan fingerprint density at radius 3 is 2.78 bits per heavy atom. The van der Waals surface area contributed by atoms with E-state index in [-0.39, 0.29) is 5.78 Å². The van der Waals surface area contributed by atoms with E-state index in [0.29, 0.717) is 5.56 Å². The van der Waals surface area contributed by atoms with Crippen molar-refractivity contribution in [3.05, 3.63) is 53.9 Å². The molecule has 0 unspecified atom stereocenters. The fraction of sp³-hybridized carbons (Fsp3) is 0.286. The van der Waals surface area contributed by atoms with Gasteiger partial charge in [0.05, 0.1) is 17.8 Å². The van der Waals surface area contributed by atoms with Crippen molar-refractivity contribution in [1.82, 2.24) is 9.78 Å². The van der Waals surface area contributed by atoms with E-state index in [1.54, 1.807) is 17.1 Å². The molecule has 0 saturated heterocycles. The molecule has 4 nitrogen and oxygen atoms in total. The summed E-state index contributed by atoms with van der Waals surface area (Å²) in [6.45, 7) is 2.88. The summed E-state index contributed by atoms with van der Waals surface area (Å²) in [6, 6.07) is 8.76. The summed E-state index contributed by atoms with van der Waals surface area (Å²) in [5.74, 6) is -0.0939. The zero-order valence-electron chi connectivity index (χ0n) is 10.4. The maximum absolute atomic E-state index is 12.2. The van der Waals surface area contributed by atoms with E-state index < -0.39 is 6.04 Å². The lowest BCUT2D eigenvalue weighted by Crippen LogP contribution is -2.21. The highest BCUT2D eigenvalue weighted by Crippen LogP contribution is 2.15. The molecule has 2 N–H and O–H groups in total. The van der Waals surface area contributed by atoms with Gasteiger partial charge in [0.25, 0.3) is 0 Å². The Morgan fingerprint density at radius 1 is 1.39 bits per heavy atom. The number of carbonyl (C=O) groups excluding carboxylic acids is 1. The van der Waals surface area contributed by atoms with Crippen LogP contribution in [-0.4, -0.2) is 15.6 Å². The van der Waals surface area contributed by atoms with Crippen molar-refractivity contribution >= 4 is 5.78 Å². The molecule has 0 aliphatic rings. The van der Waals surface area contributed by atoms with Crippen LogP contribution in [0.3, 0.4) is 0 Å². The summed E-state index contributed by atoms with van der Waals surface area (Å²) in [7, 11) is 0. The minimum absolute atomic E-state index is 0.0939. The monoisotopic (exact) mass is 243 g/mol. The average Bonchev–Trinajstić information content (AvgIpc) is 2.87. The number of rotatable bonds is 5. The van der Waals surface area contributed by atoms with Gasteiger partial charge in [0.2, 0.25) is 0 Å². The fourth-order valence-electron chi connectivity index (χ4n) is 1.83. The molecule has 0 spiro atoms. The third-order valence-electron chi connectivity index (χ3n) is 2.81. The van der Waals surface area contributed by atoms with Gasteiger partial charge in [0, 0.05) is 12.7 Å². The topological polar surface area (TPSA) is 60.9 Å². The summed E-state index contributed by atoms with van der Waals surface area (Å²) in [6.07, 6.45) is 4.33. The first-order valence-corrected chi connectivity index (χ1v) is 6.09. The second kappa shape index (κ2) is 5.60. The molecule has 1 heterocycles. The predicted molar refractivity (Wildman–Crippen MR) is 70.2 cm³/mol. The molecule has 18 heavy (non-hydrogen) atoms. The van der Waals surface area contributed by atoms with Gasteiger partial charge in [-0.25, -0.2) is 0 Å². The third-order valence-corrected chi connectivity index (χ3v) is 2.81. The zero-order valence-corrected chi connectivity index (χ0v) is 10.4. The Kier molecular flexibility index (Phi) is 3.89. The number of aryl methyl sites for hydroxylation is 1. The van der Waals surface area contributed by atoms with Crippen molar-refractivity contribution in [2.75, 3.05) is 0 Å². The van der Waals surface area contributed by atoms with Crippen LogP contribution in [0.1, 0.15) is 35.3 Å². The number of ketones is 1. The normalized spacial score (nSPS) is 12.3. The van der Waals surface area contributed by atoms with Gasteiger partial charge in [-0.15, -0.1) is 0 Å². The van der Waals surface area contributed by atoms with Crippen molar-refractivity contribution in [3.8, 4) is 0 Å². The highest BCUT2D eigenvalue weighted by atomic mass is 16.1. The van der Waals surface area contributed by atoms with Crippen molar-refractivity contribution in [3.63, 3.8) is 0 Å². The first-order chi connectivity index (χ1) is 8.72. The molecule has 0 fully saturated rings. The number of hydrogen-bond donors (Lipinski definition) is 1. The predicted octanol–water partition coefficient (Wildman–Crippen LogP) is 2.18. The fourth-order valence-corrected chi connectivity index (χ4v) is 1.83. The third kappa shape index (κ3) is 2.65. The molecule has 2 aromatic rings. The Bertz CT molecular complexity index is 519. The molecular formula is C14H17N3O. The van der Waals surface area contributed by atoms with Crippen LogP contribution in [0.5, 0.6) is 0 Å². The largest absolute Gasteiger partial charge is 0.318 e. The molecule has 1 aromatic heterocycles. The quantitative estimate of drug-likeness (QED) is 0.819. The summed E-state index contributed by atoms with van der Waals surface area (Å²) in [4.78, 5) is 12.2. The maximum Gasteiger partial charge on any atom is 0.187 e. The van der Waals surface area contributed by atoms with Gasteiger partial charge in [-0.1, -0.05) is 37.3 Å². The molecule has 1 aromatic carbocycles. The van der Waals surface area contributed by atoms with Gasteiger partial charge >= 0.3 is 0 Å². The van der Waals surface area contributed by atoms with Crippen LogP contribution in [0, 0.1) is 0 Å². The van der Waals surface area contributed by atoms with Gasteiger partial charge in [-0.3, -0.25) is 9.48 Å². The molecule has 0 bridgehead atoms. The molecular weight excluding hydrogens is 226 g/mol. The number of aromatic nitrogens is 2. The van der Waals surface area contributed by atoms with E-state index >= 15 is 0 Å². The first-order valence-electron chi connectivity index (χ1n) is 6.09. The molecule has 0 aliphatic carbocycles. The standard InChI is InChI=1S/C14H17N3O/c1-2-8-17-10-12(9-16-17)14(18)13(15)11-6-4-3-5-7-11/h3-7,9-10,13H,2,8,15H2,1H3/t13-/m1/s1. The maximum atomic E-state index is 12.2. The Morgan fingerprint density at radius 2 is 2.11 bits per heavy atom. The van der Waals surface area contributed by atoms with Crippen LogP contribution < -0.4 is 5.73 Å². The summed E-state index contributed by atoms with van der Waals surface area (Å²) >= 11 is 0. The summed E-state index contributed by atoms with van der Waals surface area (Å²) in [5.41, 5.74) is 7.36. The smallest absolute Gasteiger partial charge is 0.187 e. The molecule has 0 aliphatic heterocycles. The van der Waals surface area contributed by atoms with Gasteiger partial charge < -0.3 is 5.73 Å². The second-order valence-corrected chi connectivity index (χ2v) is 4.24. The highest BCUT2D eigenvalue weighted by Gasteiger charge is 2.18. The average molecular weight is 243 g/mol. The summed E-state index contributed by atoms with van der Waals surface area (Å²) in [5, 5.41) is 4.14. The van der Waals surface area contributed by atoms with Crippen LogP contribution in [0.4, 0.5) is 0 Å². The van der Waals surface area contributed by atoms with Crippen LogP contribution in [0.25, 0.3) is 0 Å². The Balaban J connectivity index is 2.15. The van der Waals surface area contributed by atoms with Crippen molar-refractivity contribution in [2.45, 2.75) is 25.9 Å². The van der Waals surface area contributed by atoms with Gasteiger partial charge in [0.15, 0.2) is 5.78 Å². The molecule has 0 amide bonds. The van der Waals surface area contributed by atoms with Gasteiger partial charge in [-0.05, 0) is 12.0 Å². The lowest BCUT2D eigenvalue weighted by Gasteiger charge is -2.09. The van der Waals surface area contributed by atoms with E-state index in [2.05, 4.69) is 12.0 Å².